The number of rotatable bonds is 7. The molecule has 0 aliphatic rings. The average molecular weight is 440 g/mol. The van der Waals surface area contributed by atoms with Crippen LogP contribution >= 0.6 is 23.4 Å². The maximum atomic E-state index is 12.3. The zero-order chi connectivity index (χ0) is 20.9. The van der Waals surface area contributed by atoms with Crippen molar-refractivity contribution in [2.45, 2.75) is 18.6 Å². The molecule has 152 valence electrons. The third kappa shape index (κ3) is 4.69. The van der Waals surface area contributed by atoms with Crippen LogP contribution in [0, 0.1) is 6.92 Å². The van der Waals surface area contributed by atoms with Crippen molar-refractivity contribution in [1.29, 1.82) is 0 Å². The Hall–Kier alpha value is -3.17. The van der Waals surface area contributed by atoms with E-state index in [1.165, 1.54) is 11.8 Å². The minimum Gasteiger partial charge on any atom is -0.351 e. The minimum absolute atomic E-state index is 0.102. The number of amides is 1. The molecule has 0 radical (unpaired) electrons. The zero-order valence-corrected chi connectivity index (χ0v) is 17.6. The van der Waals surface area contributed by atoms with Crippen LogP contribution in [0.1, 0.15) is 11.1 Å². The van der Waals surface area contributed by atoms with E-state index >= 15 is 0 Å². The van der Waals surface area contributed by atoms with Gasteiger partial charge in [-0.25, -0.2) is 9.97 Å². The number of nitrogens with zero attached hydrogens (tertiary/aromatic N) is 6. The summed E-state index contributed by atoms with van der Waals surface area (Å²) in [4.78, 5) is 20.6. The van der Waals surface area contributed by atoms with Gasteiger partial charge in [-0.3, -0.25) is 13.9 Å². The Kier molecular flexibility index (Phi) is 6.10. The second kappa shape index (κ2) is 9.10. The fourth-order valence-corrected chi connectivity index (χ4v) is 3.62. The van der Waals surface area contributed by atoms with Crippen molar-refractivity contribution in [3.8, 4) is 11.5 Å². The van der Waals surface area contributed by atoms with Gasteiger partial charge in [0.1, 0.15) is 18.5 Å². The lowest BCUT2D eigenvalue weighted by Gasteiger charge is -2.08. The van der Waals surface area contributed by atoms with Crippen LogP contribution in [0.2, 0.25) is 5.02 Å². The maximum absolute atomic E-state index is 12.3. The van der Waals surface area contributed by atoms with E-state index in [1.54, 1.807) is 25.0 Å². The van der Waals surface area contributed by atoms with Crippen molar-refractivity contribution in [2.24, 2.45) is 0 Å². The smallest absolute Gasteiger partial charge is 0.230 e. The first-order valence-corrected chi connectivity index (χ1v) is 10.5. The summed E-state index contributed by atoms with van der Waals surface area (Å²) in [6.07, 6.45) is 8.55. The Balaban J connectivity index is 1.31. The van der Waals surface area contributed by atoms with E-state index in [0.717, 1.165) is 22.6 Å². The zero-order valence-electron chi connectivity index (χ0n) is 16.1. The lowest BCUT2D eigenvalue weighted by molar-refractivity contribution is -0.118. The molecule has 30 heavy (non-hydrogen) atoms. The topological polar surface area (TPSA) is 90.5 Å². The molecular formula is C20H18ClN7OS. The second-order valence-electron chi connectivity index (χ2n) is 6.48. The highest BCUT2D eigenvalue weighted by Crippen LogP contribution is 2.23. The molecule has 4 aromatic rings. The molecular weight excluding hydrogens is 422 g/mol. The number of hydrogen-bond donors (Lipinski definition) is 1. The van der Waals surface area contributed by atoms with E-state index in [1.807, 2.05) is 52.6 Å². The summed E-state index contributed by atoms with van der Waals surface area (Å²) in [6, 6.07) is 9.53. The Bertz CT molecular complexity index is 1140. The van der Waals surface area contributed by atoms with Gasteiger partial charge in [0.25, 0.3) is 0 Å². The van der Waals surface area contributed by atoms with E-state index in [-0.39, 0.29) is 11.7 Å². The number of pyridine rings is 1. The van der Waals surface area contributed by atoms with Crippen LogP contribution in [0.4, 0.5) is 0 Å². The number of aromatic nitrogens is 6. The van der Waals surface area contributed by atoms with Gasteiger partial charge in [-0.2, -0.15) is 0 Å². The number of nitrogens with one attached hydrogen (secondary N) is 1. The quantitative estimate of drug-likeness (QED) is 0.444. The third-order valence-electron chi connectivity index (χ3n) is 4.35. The van der Waals surface area contributed by atoms with E-state index in [4.69, 9.17) is 11.6 Å². The molecule has 1 aromatic carbocycles. The van der Waals surface area contributed by atoms with Crippen LogP contribution in [-0.4, -0.2) is 41.0 Å². The third-order valence-corrected chi connectivity index (χ3v) is 5.70. The summed E-state index contributed by atoms with van der Waals surface area (Å²) < 4.78 is 3.62. The van der Waals surface area contributed by atoms with Crippen molar-refractivity contribution in [3.05, 3.63) is 77.7 Å². The maximum Gasteiger partial charge on any atom is 0.230 e. The Morgan fingerprint density at radius 3 is 2.87 bits per heavy atom. The molecule has 10 heteroatoms. The molecule has 3 aromatic heterocycles. The number of aryl methyl sites for hydroxylation is 1. The predicted octanol–water partition coefficient (Wildman–Crippen LogP) is 3.22. The first-order chi connectivity index (χ1) is 14.6. The standard InChI is InChI=1S/C20H18ClN7OS/c1-14-2-4-16(8-17(14)21)28-13-25-26-20(28)30-11-19(29)24-10-15-3-5-18(23-9-15)27-7-6-22-12-27/h2-9,12-13H,10-11H2,1H3,(H,24,29). The number of benzene rings is 1. The molecule has 3 heterocycles. The van der Waals surface area contributed by atoms with Gasteiger partial charge in [-0.15, -0.1) is 10.2 Å². The number of imidazole rings is 1. The van der Waals surface area contributed by atoms with Gasteiger partial charge in [0.05, 0.1) is 11.4 Å². The predicted molar refractivity (Wildman–Crippen MR) is 115 cm³/mol. The van der Waals surface area contributed by atoms with E-state index in [0.29, 0.717) is 16.7 Å². The lowest BCUT2D eigenvalue weighted by atomic mass is 10.2. The van der Waals surface area contributed by atoms with Crippen molar-refractivity contribution in [1.82, 2.24) is 34.6 Å². The number of halogens is 1. The van der Waals surface area contributed by atoms with Crippen LogP contribution in [-0.2, 0) is 11.3 Å². The van der Waals surface area contributed by atoms with E-state index in [9.17, 15) is 4.79 Å². The van der Waals surface area contributed by atoms with Gasteiger partial charge in [-0.1, -0.05) is 35.5 Å². The van der Waals surface area contributed by atoms with Crippen LogP contribution in [0.25, 0.3) is 11.5 Å². The molecule has 0 fully saturated rings. The Morgan fingerprint density at radius 1 is 1.23 bits per heavy atom. The van der Waals surface area contributed by atoms with Crippen LogP contribution in [0.3, 0.4) is 0 Å². The van der Waals surface area contributed by atoms with Gasteiger partial charge in [0.15, 0.2) is 5.16 Å². The Morgan fingerprint density at radius 2 is 2.13 bits per heavy atom. The summed E-state index contributed by atoms with van der Waals surface area (Å²) in [5.74, 6) is 0.891. The van der Waals surface area contributed by atoms with E-state index < -0.39 is 0 Å². The number of carbonyl (C=O) groups is 1. The number of hydrogen-bond acceptors (Lipinski definition) is 6. The average Bonchev–Trinajstić information content (AvgIpc) is 3.45. The van der Waals surface area contributed by atoms with Crippen molar-refractivity contribution >= 4 is 29.3 Å². The monoisotopic (exact) mass is 439 g/mol. The summed E-state index contributed by atoms with van der Waals surface area (Å²) >= 11 is 7.53. The summed E-state index contributed by atoms with van der Waals surface area (Å²) in [7, 11) is 0. The normalized spacial score (nSPS) is 10.9. The fourth-order valence-electron chi connectivity index (χ4n) is 2.68. The number of thioether (sulfide) groups is 1. The van der Waals surface area contributed by atoms with Gasteiger partial charge in [0, 0.05) is 30.2 Å². The fraction of sp³-hybridized carbons (Fsp3) is 0.150. The van der Waals surface area contributed by atoms with Gasteiger partial charge < -0.3 is 5.32 Å². The molecule has 1 N–H and O–H groups in total. The van der Waals surface area contributed by atoms with Crippen LogP contribution in [0.15, 0.2) is 66.7 Å². The number of carbonyl (C=O) groups excluding carboxylic acids is 1. The first kappa shape index (κ1) is 20.1. The van der Waals surface area contributed by atoms with Crippen molar-refractivity contribution < 1.29 is 4.79 Å². The Labute approximate surface area is 182 Å². The summed E-state index contributed by atoms with van der Waals surface area (Å²) in [6.45, 7) is 2.34. The van der Waals surface area contributed by atoms with Crippen LogP contribution in [0.5, 0.6) is 0 Å². The molecule has 4 rings (SSSR count). The minimum atomic E-state index is -0.102. The summed E-state index contributed by atoms with van der Waals surface area (Å²) in [5.41, 5.74) is 2.76. The highest BCUT2D eigenvalue weighted by molar-refractivity contribution is 7.99. The highest BCUT2D eigenvalue weighted by Gasteiger charge is 2.11. The highest BCUT2D eigenvalue weighted by atomic mass is 35.5. The lowest BCUT2D eigenvalue weighted by Crippen LogP contribution is -2.24. The molecule has 1 amide bonds. The molecule has 0 unspecified atom stereocenters. The van der Waals surface area contributed by atoms with E-state index in [2.05, 4.69) is 25.5 Å². The second-order valence-corrected chi connectivity index (χ2v) is 7.83. The molecule has 0 saturated heterocycles. The largest absolute Gasteiger partial charge is 0.351 e. The van der Waals surface area contributed by atoms with Crippen molar-refractivity contribution in [2.75, 3.05) is 5.75 Å². The molecule has 0 aliphatic carbocycles. The SMILES string of the molecule is Cc1ccc(-n2cnnc2SCC(=O)NCc2ccc(-n3ccnc3)nc2)cc1Cl. The van der Waals surface area contributed by atoms with Gasteiger partial charge >= 0.3 is 0 Å². The van der Waals surface area contributed by atoms with Gasteiger partial charge in [-0.05, 0) is 36.2 Å². The molecule has 0 spiro atoms. The molecule has 0 bridgehead atoms. The molecule has 0 saturated carbocycles. The molecule has 0 aliphatic heterocycles. The first-order valence-electron chi connectivity index (χ1n) is 9.09. The van der Waals surface area contributed by atoms with Crippen LogP contribution < -0.4 is 5.32 Å². The molecule has 0 atom stereocenters. The van der Waals surface area contributed by atoms with Gasteiger partial charge in [0.2, 0.25) is 5.91 Å². The summed E-state index contributed by atoms with van der Waals surface area (Å²) in [5, 5.41) is 12.2. The van der Waals surface area contributed by atoms with Crippen molar-refractivity contribution in [3.63, 3.8) is 0 Å². The molecule has 8 nitrogen and oxygen atoms in total.